The SMILES string of the molecule is CCN1C(=CC=CC=CC2=[N+](CCCCCC(=O)NCC#Cc3cn(C4CCC(COP(=O)([O-])OP(=O)([O-])OP(=O)([O-])O)O4)c4[nH]c(N)nc(=O)c34)c3ccc4c(S(=O)[O-])cc(S(=O)[O-])cc4c3C2(C)C)C(C)(C)c2c1ccc1c(SO[O-])cc(S(=O)[O-])cc21. The van der Waals surface area contributed by atoms with Crippen molar-refractivity contribution in [2.75, 3.05) is 36.9 Å². The van der Waals surface area contributed by atoms with E-state index >= 15 is 0 Å². The molecule has 1 amide bonds. The number of ether oxygens (including phenoxy) is 1. The summed E-state index contributed by atoms with van der Waals surface area (Å²) in [4.78, 5) is 78.1. The first-order valence-electron chi connectivity index (χ1n) is 27.4. The van der Waals surface area contributed by atoms with Crippen molar-refractivity contribution in [3.8, 4) is 11.8 Å². The number of nitrogens with zero attached hydrogens (tertiary/aromatic N) is 4. The van der Waals surface area contributed by atoms with Crippen LogP contribution in [0.2, 0.25) is 0 Å². The lowest BCUT2D eigenvalue weighted by atomic mass is 9.79. The molecular weight excluding hydrogens is 1320 g/mol. The number of phosphoric acid groups is 3. The fourth-order valence-corrected chi connectivity index (χ4v) is 16.8. The number of benzene rings is 4. The number of aromatic amines is 1. The van der Waals surface area contributed by atoms with Crippen molar-refractivity contribution in [3.63, 3.8) is 0 Å². The number of phosphoric ester groups is 1. The van der Waals surface area contributed by atoms with Crippen molar-refractivity contribution in [1.29, 1.82) is 0 Å². The number of carbonyl (C=O) groups is 1. The molecule has 9 rings (SSSR count). The van der Waals surface area contributed by atoms with Crippen LogP contribution in [0.25, 0.3) is 32.6 Å². The number of hydrogen-bond acceptors (Lipinski definition) is 24. The largest absolute Gasteiger partial charge is 0.768 e. The third-order valence-electron chi connectivity index (χ3n) is 15.3. The van der Waals surface area contributed by atoms with E-state index in [0.29, 0.717) is 76.4 Å². The second kappa shape index (κ2) is 27.5. The maximum absolute atomic E-state index is 13.1. The number of hydrogen-bond donors (Lipinski definition) is 4. The Balaban J connectivity index is 0.885. The number of carbonyl (C=O) groups excluding carboxylic acids is 1. The molecule has 1 saturated heterocycles. The standard InChI is InChI=1S/C55H62N7O21P3S4/c1-6-60-40-21-19-36-38(26-34(88(73)74)28-42(36)87-81-65)49(40)54(2,3)44(60)15-9-7-10-16-45-55(4,5)50-39-27-35(89(75)76)29-43(90(77)78)37(39)20-22-41(50)61(45)25-12-8-11-17-46(63)57-24-13-14-32-30-62(51-48(32)52(64)59-53(56)58-51)47-23-18-33(80-47)31-79-85(69,70)83-86(71,72)82-84(66,67)68/h7,9-10,15-16,19-22,26-30,33,47H,6,8,11-12,17-18,23-25,31H2,1-5H3,(H11-,56,57,58,59,63,64,65,66,67,68,69,70,71,72,73,74,75,76,77,78)/p-6. The first-order valence-corrected chi connectivity index (χ1v) is 35.7. The lowest BCUT2D eigenvalue weighted by Gasteiger charge is -2.32. The zero-order valence-electron chi connectivity index (χ0n) is 48.3. The van der Waals surface area contributed by atoms with Gasteiger partial charge >= 0.3 is 0 Å². The van der Waals surface area contributed by atoms with E-state index in [9.17, 15) is 69.5 Å². The fourth-order valence-electron chi connectivity index (χ4n) is 11.7. The minimum atomic E-state index is -6.12. The number of anilines is 2. The van der Waals surface area contributed by atoms with Crippen molar-refractivity contribution in [3.05, 3.63) is 118 Å². The number of allylic oxidation sites excluding steroid dienone is 6. The molecule has 0 saturated carbocycles. The summed E-state index contributed by atoms with van der Waals surface area (Å²) in [7, 11) is -17.8. The van der Waals surface area contributed by atoms with E-state index in [1.165, 1.54) is 22.9 Å². The Hall–Kier alpha value is -5.69. The Labute approximate surface area is 526 Å². The number of aromatic nitrogens is 3. The predicted molar refractivity (Wildman–Crippen MR) is 321 cm³/mol. The topological polar surface area (TPSA) is 442 Å². The second-order valence-corrected chi connectivity index (χ2v) is 29.6. The lowest BCUT2D eigenvalue weighted by Crippen LogP contribution is -2.28. The predicted octanol–water partition coefficient (Wildman–Crippen LogP) is 4.67. The van der Waals surface area contributed by atoms with Gasteiger partial charge in [-0.15, -0.1) is 0 Å². The van der Waals surface area contributed by atoms with Crippen LogP contribution in [-0.2, 0) is 84.8 Å². The summed E-state index contributed by atoms with van der Waals surface area (Å²) in [5.74, 6) is 5.11. The van der Waals surface area contributed by atoms with E-state index in [1.54, 1.807) is 12.1 Å². The van der Waals surface area contributed by atoms with Gasteiger partial charge in [-0.1, -0.05) is 50.0 Å². The van der Waals surface area contributed by atoms with Gasteiger partial charge in [-0.3, -0.25) is 35.9 Å². The van der Waals surface area contributed by atoms with Crippen LogP contribution in [-0.4, -0.2) is 94.3 Å². The Morgan fingerprint density at radius 1 is 0.911 bits per heavy atom. The van der Waals surface area contributed by atoms with Gasteiger partial charge in [-0.2, -0.15) is 9.56 Å². The van der Waals surface area contributed by atoms with Crippen molar-refractivity contribution in [2.24, 2.45) is 0 Å². The molecule has 0 spiro atoms. The summed E-state index contributed by atoms with van der Waals surface area (Å²) < 4.78 is 134. The first kappa shape index (κ1) is 68.7. The Bertz CT molecular complexity index is 4380. The molecule has 3 aliphatic rings. The number of fused-ring (bicyclic) bond motifs is 7. The molecule has 482 valence electrons. The van der Waals surface area contributed by atoms with Crippen LogP contribution in [0, 0.1) is 11.8 Å². The Kier molecular flexibility index (Phi) is 21.0. The number of nitrogens with two attached hydrogens (primary N) is 1. The maximum atomic E-state index is 13.1. The van der Waals surface area contributed by atoms with Crippen LogP contribution in [0.5, 0.6) is 0 Å². The lowest BCUT2D eigenvalue weighted by molar-refractivity contribution is -0.630. The number of rotatable bonds is 24. The first-order chi connectivity index (χ1) is 42.4. The zero-order valence-corrected chi connectivity index (χ0v) is 54.2. The van der Waals surface area contributed by atoms with Gasteiger partial charge in [0.25, 0.3) is 29.0 Å². The summed E-state index contributed by atoms with van der Waals surface area (Å²) in [6, 6.07) is 12.9. The van der Waals surface area contributed by atoms with E-state index in [2.05, 4.69) is 54.1 Å². The highest BCUT2D eigenvalue weighted by atomic mass is 32.2. The number of nitrogen functional groups attached to an aromatic ring is 1. The van der Waals surface area contributed by atoms with Crippen LogP contribution in [0.3, 0.4) is 0 Å². The van der Waals surface area contributed by atoms with E-state index < -0.39 is 92.0 Å². The molecule has 0 bridgehead atoms. The summed E-state index contributed by atoms with van der Waals surface area (Å²) in [6.45, 7) is 10.1. The van der Waals surface area contributed by atoms with Crippen molar-refractivity contribution in [2.45, 2.75) is 116 Å². The van der Waals surface area contributed by atoms with Crippen LogP contribution in [0.15, 0.2) is 115 Å². The maximum Gasteiger partial charge on any atom is 0.285 e. The molecule has 0 aliphatic carbocycles. The fraction of sp³-hybridized carbons (Fsp3) is 0.345. The van der Waals surface area contributed by atoms with Gasteiger partial charge in [0.05, 0.1) is 35.6 Å². The highest BCUT2D eigenvalue weighted by Gasteiger charge is 2.46. The Morgan fingerprint density at radius 2 is 1.61 bits per heavy atom. The van der Waals surface area contributed by atoms with Crippen LogP contribution >= 0.6 is 35.5 Å². The van der Waals surface area contributed by atoms with Crippen LogP contribution in [0.4, 0.5) is 17.3 Å². The van der Waals surface area contributed by atoms with E-state index in [4.69, 9.17) is 15.4 Å². The van der Waals surface area contributed by atoms with E-state index in [-0.39, 0.29) is 68.9 Å². The summed E-state index contributed by atoms with van der Waals surface area (Å²) in [5, 5.41) is 16.2. The Morgan fingerprint density at radius 3 is 2.29 bits per heavy atom. The van der Waals surface area contributed by atoms with E-state index in [1.807, 2.05) is 83.2 Å². The number of unbranched alkanes of at least 4 members (excludes halogenated alkanes) is 2. The van der Waals surface area contributed by atoms with Crippen molar-refractivity contribution < 1.29 is 96.4 Å². The van der Waals surface area contributed by atoms with E-state index in [0.717, 1.165) is 34.4 Å². The summed E-state index contributed by atoms with van der Waals surface area (Å²) in [6.07, 6.45) is 11.2. The third-order valence-corrected chi connectivity index (χ3v) is 21.6. The molecule has 0 radical (unpaired) electrons. The molecule has 5 heterocycles. The molecule has 4 aromatic carbocycles. The van der Waals surface area contributed by atoms with Gasteiger partial charge < -0.3 is 77.6 Å². The zero-order chi connectivity index (χ0) is 65.4. The molecule has 5 N–H and O–H groups in total. The molecule has 28 nitrogen and oxygen atoms in total. The molecular formula is C55H56N7O21P3S4-6. The molecule has 90 heavy (non-hydrogen) atoms. The number of nitrogens with one attached hydrogen (secondary N) is 2. The minimum Gasteiger partial charge on any atom is -0.768 e. The molecule has 8 atom stereocenters. The van der Waals surface area contributed by atoms with Crippen molar-refractivity contribution in [1.82, 2.24) is 19.9 Å². The smallest absolute Gasteiger partial charge is 0.285 e. The monoisotopic (exact) mass is 1370 g/mol. The quantitative estimate of drug-likeness (QED) is 0.00736. The minimum absolute atomic E-state index is 0.00965. The van der Waals surface area contributed by atoms with Gasteiger partial charge in [-0.05, 0) is 149 Å². The van der Waals surface area contributed by atoms with Gasteiger partial charge in [0.15, 0.2) is 5.71 Å². The number of amides is 1. The second-order valence-electron chi connectivity index (χ2n) is 21.7. The molecule has 3 aliphatic heterocycles. The molecule has 1 fully saturated rings. The number of likely N-dealkylation sites (N-methyl/N-ethyl adjacent to an activating group) is 1. The van der Waals surface area contributed by atoms with Gasteiger partial charge in [0, 0.05) is 91.7 Å². The highest BCUT2D eigenvalue weighted by molar-refractivity contribution is 7.94. The number of H-pyrrole nitrogens is 1. The molecule has 6 aromatic rings. The van der Waals surface area contributed by atoms with Crippen LogP contribution in [0.1, 0.15) is 96.1 Å². The average Bonchev–Trinajstić information content (AvgIpc) is 1.51. The van der Waals surface area contributed by atoms with Gasteiger partial charge in [-0.25, -0.2) is 8.62 Å². The molecule has 35 heteroatoms. The summed E-state index contributed by atoms with van der Waals surface area (Å²) >= 11 is -7.58. The third kappa shape index (κ3) is 14.9. The normalized spacial score (nSPS) is 20.5. The summed E-state index contributed by atoms with van der Waals surface area (Å²) in [5.41, 5.74) is 8.91. The van der Waals surface area contributed by atoms with Gasteiger partial charge in [0.2, 0.25) is 17.5 Å². The van der Waals surface area contributed by atoms with Crippen LogP contribution < -0.4 is 41.4 Å². The molecule has 8 unspecified atom stereocenters. The van der Waals surface area contributed by atoms with Crippen molar-refractivity contribution >= 4 is 130 Å². The molecule has 2 aromatic heterocycles. The van der Waals surface area contributed by atoms with Gasteiger partial charge in [0.1, 0.15) is 18.4 Å². The highest BCUT2D eigenvalue weighted by Crippen LogP contribution is 2.61. The average molecular weight is 1370 g/mol.